The molecule has 6 aromatic rings. The molecule has 11 heteroatoms. The van der Waals surface area contributed by atoms with Crippen molar-refractivity contribution in [1.82, 2.24) is 29.6 Å². The Bertz CT molecular complexity index is 2480. The zero-order valence-electron chi connectivity index (χ0n) is 34.6. The third kappa shape index (κ3) is 7.12. The van der Waals surface area contributed by atoms with Gasteiger partial charge in [-0.25, -0.2) is 9.97 Å². The molecule has 3 atom stereocenters. The molecular weight excluding hydrogens is 751 g/mol. The molecule has 2 saturated heterocycles. The number of aromatic nitrogens is 5. The maximum Gasteiger partial charge on any atom is 0.225 e. The summed E-state index contributed by atoms with van der Waals surface area (Å²) in [6.45, 7) is 15.9. The number of aryl methyl sites for hydroxylation is 3. The van der Waals surface area contributed by atoms with Crippen molar-refractivity contribution in [2.24, 2.45) is 10.9 Å². The van der Waals surface area contributed by atoms with Crippen molar-refractivity contribution in [3.05, 3.63) is 141 Å². The van der Waals surface area contributed by atoms with Crippen LogP contribution in [0.25, 0.3) is 5.00 Å². The van der Waals surface area contributed by atoms with Gasteiger partial charge in [-0.3, -0.25) is 14.5 Å². The highest BCUT2D eigenvalue weighted by atomic mass is 32.1. The number of nitrogens with zero attached hydrogens (tertiary/aromatic N) is 9. The normalized spacial score (nSPS) is 21.1. The van der Waals surface area contributed by atoms with Crippen molar-refractivity contribution in [2.45, 2.75) is 71.3 Å². The number of phenolic OH excluding ortho intramolecular Hbond substituents is 1. The first-order chi connectivity index (χ1) is 28.8. The van der Waals surface area contributed by atoms with Crippen LogP contribution in [0.5, 0.6) is 5.75 Å². The van der Waals surface area contributed by atoms with Gasteiger partial charge in [0.1, 0.15) is 22.6 Å². The van der Waals surface area contributed by atoms with Crippen molar-refractivity contribution in [3.8, 4) is 10.8 Å². The van der Waals surface area contributed by atoms with Crippen molar-refractivity contribution < 1.29 is 5.11 Å². The lowest BCUT2D eigenvalue weighted by molar-refractivity contribution is 0.201. The monoisotopic (exact) mass is 803 g/mol. The molecular formula is C48H53N9OS. The Morgan fingerprint density at radius 3 is 2.27 bits per heavy atom. The molecule has 0 unspecified atom stereocenters. The van der Waals surface area contributed by atoms with Gasteiger partial charge in [-0.15, -0.1) is 21.5 Å². The van der Waals surface area contributed by atoms with Crippen molar-refractivity contribution in [1.29, 1.82) is 0 Å². The fourth-order valence-electron chi connectivity index (χ4n) is 10.1. The first-order valence-corrected chi connectivity index (χ1v) is 22.2. The number of anilines is 2. The summed E-state index contributed by atoms with van der Waals surface area (Å²) in [6, 6.07) is 25.7. The Morgan fingerprint density at radius 2 is 1.53 bits per heavy atom. The number of aliphatic imine (C=N–C) groups is 1. The quantitative estimate of drug-likeness (QED) is 0.172. The third-order valence-electron chi connectivity index (χ3n) is 13.5. The first-order valence-electron chi connectivity index (χ1n) is 21.4. The molecule has 1 N–H and O–H groups in total. The zero-order valence-corrected chi connectivity index (χ0v) is 35.4. The highest BCUT2D eigenvalue weighted by Crippen LogP contribution is 2.47. The van der Waals surface area contributed by atoms with Gasteiger partial charge in [-0.05, 0) is 117 Å². The molecule has 6 heterocycles. The zero-order chi connectivity index (χ0) is 40.2. The van der Waals surface area contributed by atoms with E-state index in [2.05, 4.69) is 123 Å². The lowest BCUT2D eigenvalue weighted by atomic mass is 9.70. The Hall–Kier alpha value is -5.39. The van der Waals surface area contributed by atoms with Crippen LogP contribution in [-0.2, 0) is 6.42 Å². The first kappa shape index (κ1) is 37.9. The second-order valence-electron chi connectivity index (χ2n) is 17.1. The summed E-state index contributed by atoms with van der Waals surface area (Å²) >= 11 is 1.81. The van der Waals surface area contributed by atoms with E-state index in [1.165, 1.54) is 43.4 Å². The molecule has 0 spiro atoms. The van der Waals surface area contributed by atoms with Crippen LogP contribution in [-0.4, -0.2) is 86.3 Å². The summed E-state index contributed by atoms with van der Waals surface area (Å²) in [7, 11) is 0. The van der Waals surface area contributed by atoms with Gasteiger partial charge < -0.3 is 14.9 Å². The van der Waals surface area contributed by atoms with Crippen molar-refractivity contribution >= 4 is 28.7 Å². The number of benzene rings is 3. The standard InChI is InChI=1S/C48H53N9OS/c1-30-32(3)59-47-43(30)45(51-31(2)46-53-52-33(4)57(46)47)36-10-13-39(14-11-36)55-24-22-54(23-25-55)29-34-18-20-56(21-19-34)48-49-27-38(28-50-48)44-41(35-8-6-5-7-9-35)16-12-37-26-40(58)15-17-42(37)44/h5-11,13-15,17,26-28,31,34,41,44,58H,12,16,18-25,29H2,1-4H3/t31-,41-,44+/m0/s1. The van der Waals surface area contributed by atoms with Gasteiger partial charge in [-0.2, -0.15) is 0 Å². The largest absolute Gasteiger partial charge is 0.508 e. The summed E-state index contributed by atoms with van der Waals surface area (Å²) < 4.78 is 2.21. The Kier molecular flexibility index (Phi) is 10.0. The summed E-state index contributed by atoms with van der Waals surface area (Å²) in [5.41, 5.74) is 11.0. The van der Waals surface area contributed by atoms with Gasteiger partial charge in [0.2, 0.25) is 5.95 Å². The molecule has 0 saturated carbocycles. The maximum absolute atomic E-state index is 10.2. The summed E-state index contributed by atoms with van der Waals surface area (Å²) in [4.78, 5) is 24.1. The van der Waals surface area contributed by atoms with E-state index in [9.17, 15) is 5.11 Å². The van der Waals surface area contributed by atoms with Gasteiger partial charge in [0.05, 0.1) is 5.71 Å². The average Bonchev–Trinajstić information content (AvgIpc) is 3.76. The number of fused-ring (bicyclic) bond motifs is 4. The molecule has 0 amide bonds. The summed E-state index contributed by atoms with van der Waals surface area (Å²) in [5, 5.41) is 20.3. The maximum atomic E-state index is 10.2. The van der Waals surface area contributed by atoms with Gasteiger partial charge in [0.15, 0.2) is 5.82 Å². The van der Waals surface area contributed by atoms with E-state index >= 15 is 0 Å². The van der Waals surface area contributed by atoms with Crippen LogP contribution in [0.3, 0.4) is 0 Å². The van der Waals surface area contributed by atoms with Gasteiger partial charge in [0, 0.05) is 85.8 Å². The van der Waals surface area contributed by atoms with Gasteiger partial charge in [0.25, 0.3) is 0 Å². The Morgan fingerprint density at radius 1 is 0.780 bits per heavy atom. The van der Waals surface area contributed by atoms with E-state index in [0.29, 0.717) is 17.6 Å². The molecule has 3 aliphatic heterocycles. The Labute approximate surface area is 351 Å². The molecule has 1 aliphatic carbocycles. The molecule has 3 aromatic heterocycles. The van der Waals surface area contributed by atoms with Crippen LogP contribution in [0.1, 0.15) is 99.5 Å². The van der Waals surface area contributed by atoms with Crippen molar-refractivity contribution in [2.75, 3.05) is 55.6 Å². The van der Waals surface area contributed by atoms with E-state index in [-0.39, 0.29) is 12.0 Å². The van der Waals surface area contributed by atoms with E-state index in [0.717, 1.165) is 106 Å². The number of hydrogen-bond acceptors (Lipinski definition) is 10. The Balaban J connectivity index is 0.747. The minimum absolute atomic E-state index is 0.0810. The lowest BCUT2D eigenvalue weighted by Crippen LogP contribution is -2.49. The van der Waals surface area contributed by atoms with Gasteiger partial charge >= 0.3 is 0 Å². The molecule has 59 heavy (non-hydrogen) atoms. The smallest absolute Gasteiger partial charge is 0.225 e. The molecule has 10 rings (SSSR count). The van der Waals surface area contributed by atoms with Crippen LogP contribution in [0, 0.1) is 26.7 Å². The number of rotatable bonds is 7. The van der Waals surface area contributed by atoms with Crippen molar-refractivity contribution in [3.63, 3.8) is 0 Å². The number of aromatic hydroxyl groups is 1. The van der Waals surface area contributed by atoms with Crippen LogP contribution in [0.15, 0.2) is 90.2 Å². The molecule has 0 radical (unpaired) electrons. The number of thiophene rings is 1. The van der Waals surface area contributed by atoms with Crippen LogP contribution in [0.2, 0.25) is 0 Å². The summed E-state index contributed by atoms with van der Waals surface area (Å²) in [5.74, 6) is 4.17. The fraction of sp³-hybridized carbons (Fsp3) is 0.396. The van der Waals surface area contributed by atoms with Crippen LogP contribution >= 0.6 is 11.3 Å². The number of phenols is 1. The predicted molar refractivity (Wildman–Crippen MR) is 237 cm³/mol. The number of hydrogen-bond donors (Lipinski definition) is 1. The molecule has 10 nitrogen and oxygen atoms in total. The average molecular weight is 804 g/mol. The van der Waals surface area contributed by atoms with Gasteiger partial charge in [-0.1, -0.05) is 48.5 Å². The second-order valence-corrected chi connectivity index (χ2v) is 18.3. The topological polar surface area (TPSA) is 98.8 Å². The van der Waals surface area contributed by atoms with Crippen LogP contribution < -0.4 is 9.80 Å². The molecule has 2 fully saturated rings. The highest BCUT2D eigenvalue weighted by molar-refractivity contribution is 7.15. The minimum Gasteiger partial charge on any atom is -0.508 e. The minimum atomic E-state index is -0.0810. The highest BCUT2D eigenvalue weighted by Gasteiger charge is 2.34. The SMILES string of the molecule is Cc1sc2c(c1C)C(c1ccc(N3CCN(CC4CCN(c5ncc([C@H]6c7ccc(O)cc7CC[C@H]6c6ccccc6)cn5)CC4)CC3)cc1)=N[C@@H](C)c1nnc(C)n1-2. The predicted octanol–water partition coefficient (Wildman–Crippen LogP) is 8.56. The number of piperazine rings is 1. The third-order valence-corrected chi connectivity index (χ3v) is 14.7. The molecule has 3 aromatic carbocycles. The second kappa shape index (κ2) is 15.7. The molecule has 4 aliphatic rings. The van der Waals surface area contributed by atoms with E-state index < -0.39 is 0 Å². The lowest BCUT2D eigenvalue weighted by Gasteiger charge is -2.39. The van der Waals surface area contributed by atoms with E-state index in [1.54, 1.807) is 0 Å². The molecule has 0 bridgehead atoms. The fourth-order valence-corrected chi connectivity index (χ4v) is 11.3. The van der Waals surface area contributed by atoms with E-state index in [1.807, 2.05) is 30.4 Å². The van der Waals surface area contributed by atoms with E-state index in [4.69, 9.17) is 15.0 Å². The number of piperidine rings is 1. The van der Waals surface area contributed by atoms with Crippen LogP contribution in [0.4, 0.5) is 11.6 Å². The molecule has 302 valence electrons. The summed E-state index contributed by atoms with van der Waals surface area (Å²) in [6.07, 6.45) is 8.43.